The van der Waals surface area contributed by atoms with Gasteiger partial charge < -0.3 is 4.74 Å². The van der Waals surface area contributed by atoms with E-state index in [-0.39, 0.29) is 0 Å². The van der Waals surface area contributed by atoms with Gasteiger partial charge in [-0.2, -0.15) is 0 Å². The summed E-state index contributed by atoms with van der Waals surface area (Å²) in [6.45, 7) is 2.07. The van der Waals surface area contributed by atoms with Crippen LogP contribution in [-0.4, -0.2) is 13.0 Å². The Bertz CT molecular complexity index is 284. The molecule has 1 aromatic rings. The summed E-state index contributed by atoms with van der Waals surface area (Å²) in [4.78, 5) is 0. The summed E-state index contributed by atoms with van der Waals surface area (Å²) < 4.78 is 5.20. The Hall–Kier alpha value is -0.690. The molecule has 0 spiro atoms. The Kier molecular flexibility index (Phi) is 4.81. The summed E-state index contributed by atoms with van der Waals surface area (Å²) in [5.74, 6) is 1.72. The Labute approximate surface area is 91.0 Å². The molecule has 1 aromatic carbocycles. The van der Waals surface area contributed by atoms with E-state index in [1.54, 1.807) is 7.11 Å². The Morgan fingerprint density at radius 2 is 2.07 bits per heavy atom. The molecular weight excluding hydrogens is 196 g/mol. The maximum absolute atomic E-state index is 5.63. The number of halogens is 1. The third-order valence-electron chi connectivity index (χ3n) is 2.31. The molecule has 0 atom stereocenters. The van der Waals surface area contributed by atoms with E-state index in [0.29, 0.717) is 0 Å². The lowest BCUT2D eigenvalue weighted by atomic mass is 10.1. The summed E-state index contributed by atoms with van der Waals surface area (Å²) in [5.41, 5.74) is 2.57. The average Bonchev–Trinajstić information content (AvgIpc) is 2.18. The molecule has 0 bridgehead atoms. The van der Waals surface area contributed by atoms with E-state index in [9.17, 15) is 0 Å². The van der Waals surface area contributed by atoms with Crippen LogP contribution in [0.2, 0.25) is 0 Å². The SMILES string of the molecule is COc1ccc(CCCCCl)cc1C. The minimum atomic E-state index is 0.759. The number of aryl methyl sites for hydroxylation is 2. The first-order chi connectivity index (χ1) is 6.77. The van der Waals surface area contributed by atoms with E-state index in [1.165, 1.54) is 11.1 Å². The number of alkyl halides is 1. The van der Waals surface area contributed by atoms with E-state index in [4.69, 9.17) is 16.3 Å². The van der Waals surface area contributed by atoms with Gasteiger partial charge in [-0.1, -0.05) is 12.1 Å². The minimum Gasteiger partial charge on any atom is -0.496 e. The first-order valence-corrected chi connectivity index (χ1v) is 5.51. The van der Waals surface area contributed by atoms with Crippen molar-refractivity contribution >= 4 is 11.6 Å². The molecule has 14 heavy (non-hydrogen) atoms. The molecule has 0 saturated heterocycles. The number of rotatable bonds is 5. The molecule has 0 aliphatic carbocycles. The van der Waals surface area contributed by atoms with E-state index >= 15 is 0 Å². The Balaban J connectivity index is 2.57. The molecule has 2 heteroatoms. The molecule has 0 fully saturated rings. The van der Waals surface area contributed by atoms with E-state index in [1.807, 2.05) is 6.07 Å². The zero-order chi connectivity index (χ0) is 10.4. The second-order valence-electron chi connectivity index (χ2n) is 3.45. The van der Waals surface area contributed by atoms with Gasteiger partial charge in [0.1, 0.15) is 5.75 Å². The summed E-state index contributed by atoms with van der Waals surface area (Å²) >= 11 is 5.63. The van der Waals surface area contributed by atoms with Crippen molar-refractivity contribution in [3.63, 3.8) is 0 Å². The van der Waals surface area contributed by atoms with E-state index < -0.39 is 0 Å². The van der Waals surface area contributed by atoms with Gasteiger partial charge in [0.05, 0.1) is 7.11 Å². The van der Waals surface area contributed by atoms with Gasteiger partial charge in [0.15, 0.2) is 0 Å². The minimum absolute atomic E-state index is 0.759. The van der Waals surface area contributed by atoms with Gasteiger partial charge in [0, 0.05) is 5.88 Å². The van der Waals surface area contributed by atoms with Gasteiger partial charge in [0.2, 0.25) is 0 Å². The fourth-order valence-corrected chi connectivity index (χ4v) is 1.71. The van der Waals surface area contributed by atoms with Crippen molar-refractivity contribution in [3.05, 3.63) is 29.3 Å². The molecular formula is C12H17ClO. The molecule has 0 aromatic heterocycles. The predicted molar refractivity (Wildman–Crippen MR) is 61.4 cm³/mol. The van der Waals surface area contributed by atoms with Crippen LogP contribution in [0.1, 0.15) is 24.0 Å². The molecule has 0 heterocycles. The van der Waals surface area contributed by atoms with Crippen LogP contribution >= 0.6 is 11.6 Å². The van der Waals surface area contributed by atoms with E-state index in [0.717, 1.165) is 30.9 Å². The largest absolute Gasteiger partial charge is 0.496 e. The second kappa shape index (κ2) is 5.92. The molecule has 78 valence electrons. The first kappa shape index (κ1) is 11.4. The van der Waals surface area contributed by atoms with Crippen LogP contribution < -0.4 is 4.74 Å². The van der Waals surface area contributed by atoms with Crippen molar-refractivity contribution < 1.29 is 4.74 Å². The lowest BCUT2D eigenvalue weighted by Crippen LogP contribution is -1.91. The first-order valence-electron chi connectivity index (χ1n) is 4.97. The number of hydrogen-bond donors (Lipinski definition) is 0. The Morgan fingerprint density at radius 1 is 1.29 bits per heavy atom. The average molecular weight is 213 g/mol. The van der Waals surface area contributed by atoms with Crippen molar-refractivity contribution in [1.82, 2.24) is 0 Å². The second-order valence-corrected chi connectivity index (χ2v) is 3.83. The normalized spacial score (nSPS) is 10.2. The van der Waals surface area contributed by atoms with Crippen LogP contribution in [0, 0.1) is 6.92 Å². The molecule has 0 aliphatic rings. The summed E-state index contributed by atoms with van der Waals surface area (Å²) in [7, 11) is 1.70. The molecule has 1 rings (SSSR count). The highest BCUT2D eigenvalue weighted by molar-refractivity contribution is 6.17. The van der Waals surface area contributed by atoms with Gasteiger partial charge in [-0.15, -0.1) is 11.6 Å². The highest BCUT2D eigenvalue weighted by Crippen LogP contribution is 2.19. The molecule has 0 radical (unpaired) electrons. The van der Waals surface area contributed by atoms with E-state index in [2.05, 4.69) is 19.1 Å². The monoisotopic (exact) mass is 212 g/mol. The van der Waals surface area contributed by atoms with Crippen molar-refractivity contribution in [2.24, 2.45) is 0 Å². The fourth-order valence-electron chi connectivity index (χ4n) is 1.52. The van der Waals surface area contributed by atoms with Crippen molar-refractivity contribution in [2.75, 3.05) is 13.0 Å². The highest BCUT2D eigenvalue weighted by Gasteiger charge is 1.99. The number of ether oxygens (including phenoxy) is 1. The quantitative estimate of drug-likeness (QED) is 0.536. The van der Waals surface area contributed by atoms with Crippen LogP contribution in [0.25, 0.3) is 0 Å². The number of benzene rings is 1. The number of methoxy groups -OCH3 is 1. The third-order valence-corrected chi connectivity index (χ3v) is 2.58. The summed E-state index contributed by atoms with van der Waals surface area (Å²) in [5, 5.41) is 0. The van der Waals surface area contributed by atoms with Crippen LogP contribution in [0.4, 0.5) is 0 Å². The lowest BCUT2D eigenvalue weighted by molar-refractivity contribution is 0.411. The lowest BCUT2D eigenvalue weighted by Gasteiger charge is -2.06. The predicted octanol–water partition coefficient (Wildman–Crippen LogP) is 3.57. The fraction of sp³-hybridized carbons (Fsp3) is 0.500. The summed E-state index contributed by atoms with van der Waals surface area (Å²) in [6, 6.07) is 6.35. The van der Waals surface area contributed by atoms with Gasteiger partial charge in [-0.05, 0) is 43.4 Å². The maximum Gasteiger partial charge on any atom is 0.121 e. The highest BCUT2D eigenvalue weighted by atomic mass is 35.5. The van der Waals surface area contributed by atoms with Crippen LogP contribution in [0.5, 0.6) is 5.75 Å². The smallest absolute Gasteiger partial charge is 0.121 e. The maximum atomic E-state index is 5.63. The molecule has 0 N–H and O–H groups in total. The van der Waals surface area contributed by atoms with Gasteiger partial charge in [0.25, 0.3) is 0 Å². The zero-order valence-electron chi connectivity index (χ0n) is 8.85. The van der Waals surface area contributed by atoms with Crippen molar-refractivity contribution in [2.45, 2.75) is 26.2 Å². The summed E-state index contributed by atoms with van der Waals surface area (Å²) in [6.07, 6.45) is 3.36. The standard InChI is InChI=1S/C12H17ClO/c1-10-9-11(5-3-4-8-13)6-7-12(10)14-2/h6-7,9H,3-5,8H2,1-2H3. The molecule has 0 unspecified atom stereocenters. The van der Waals surface area contributed by atoms with Gasteiger partial charge >= 0.3 is 0 Å². The van der Waals surface area contributed by atoms with Gasteiger partial charge in [-0.3, -0.25) is 0 Å². The van der Waals surface area contributed by atoms with Crippen molar-refractivity contribution in [1.29, 1.82) is 0 Å². The molecule has 0 aliphatic heterocycles. The third kappa shape index (κ3) is 3.22. The topological polar surface area (TPSA) is 9.23 Å². The number of unbranched alkanes of at least 4 members (excludes halogenated alkanes) is 1. The number of hydrogen-bond acceptors (Lipinski definition) is 1. The van der Waals surface area contributed by atoms with Crippen LogP contribution in [0.15, 0.2) is 18.2 Å². The Morgan fingerprint density at radius 3 is 2.64 bits per heavy atom. The van der Waals surface area contributed by atoms with Gasteiger partial charge in [-0.25, -0.2) is 0 Å². The van der Waals surface area contributed by atoms with Crippen LogP contribution in [-0.2, 0) is 6.42 Å². The molecule has 1 nitrogen and oxygen atoms in total. The molecule has 0 amide bonds. The molecule has 0 saturated carbocycles. The van der Waals surface area contributed by atoms with Crippen LogP contribution in [0.3, 0.4) is 0 Å². The van der Waals surface area contributed by atoms with Crippen molar-refractivity contribution in [3.8, 4) is 5.75 Å². The zero-order valence-corrected chi connectivity index (χ0v) is 9.60.